The number of hydrogen-bond donors (Lipinski definition) is 4. The van der Waals surface area contributed by atoms with Crippen LogP contribution >= 0.6 is 0 Å². The van der Waals surface area contributed by atoms with Gasteiger partial charge >= 0.3 is 11.9 Å². The Bertz CT molecular complexity index is 459. The molecule has 0 amide bonds. The molecule has 136 valence electrons. The zero-order valence-electron chi connectivity index (χ0n) is 14.1. The molecule has 10 nitrogen and oxygen atoms in total. The van der Waals surface area contributed by atoms with Gasteiger partial charge in [-0.3, -0.25) is 19.6 Å². The molecule has 0 saturated heterocycles. The Labute approximate surface area is 140 Å². The molecule has 0 bridgehead atoms. The average Bonchev–Trinajstić information content (AvgIpc) is 2.44. The number of amidine groups is 2. The summed E-state index contributed by atoms with van der Waals surface area (Å²) in [5, 5.41) is 25.3. The molecular formula is C14H26N6O4. The summed E-state index contributed by atoms with van der Waals surface area (Å²) < 4.78 is 0. The van der Waals surface area contributed by atoms with Gasteiger partial charge in [0.25, 0.3) is 0 Å². The van der Waals surface area contributed by atoms with E-state index in [4.69, 9.17) is 21.7 Å². The lowest BCUT2D eigenvalue weighted by atomic mass is 10.2. The number of carboxylic acids is 2. The lowest BCUT2D eigenvalue weighted by Crippen LogP contribution is -2.20. The van der Waals surface area contributed by atoms with Crippen LogP contribution in [0.2, 0.25) is 0 Å². The number of nitrogens with zero attached hydrogens (tertiary/aromatic N) is 4. The van der Waals surface area contributed by atoms with Gasteiger partial charge in [-0.25, -0.2) is 0 Å². The van der Waals surface area contributed by atoms with Crippen molar-refractivity contribution in [2.45, 2.75) is 51.6 Å². The van der Waals surface area contributed by atoms with Crippen molar-refractivity contribution >= 4 is 23.6 Å². The molecule has 0 saturated carbocycles. The molecule has 0 aromatic rings. The van der Waals surface area contributed by atoms with Crippen molar-refractivity contribution in [3.8, 4) is 0 Å². The Morgan fingerprint density at radius 3 is 1.46 bits per heavy atom. The number of rotatable bonds is 12. The third kappa shape index (κ3) is 13.2. The summed E-state index contributed by atoms with van der Waals surface area (Å²) in [6.45, 7) is 3.93. The summed E-state index contributed by atoms with van der Waals surface area (Å²) in [5.41, 5.74) is 11.4. The van der Waals surface area contributed by atoms with Crippen molar-refractivity contribution in [3.05, 3.63) is 0 Å². The molecule has 0 aromatic heterocycles. The van der Waals surface area contributed by atoms with Gasteiger partial charge in [0.2, 0.25) is 0 Å². The van der Waals surface area contributed by atoms with Gasteiger partial charge in [0, 0.05) is 12.8 Å². The minimum Gasteiger partial charge on any atom is -0.481 e. The zero-order valence-corrected chi connectivity index (χ0v) is 14.1. The van der Waals surface area contributed by atoms with E-state index in [1.165, 1.54) is 0 Å². The highest BCUT2D eigenvalue weighted by atomic mass is 16.4. The first kappa shape index (κ1) is 21.5. The maximum atomic E-state index is 10.4. The van der Waals surface area contributed by atoms with Crippen molar-refractivity contribution in [1.82, 2.24) is 0 Å². The number of azo groups is 1. The highest BCUT2D eigenvalue weighted by molar-refractivity contribution is 5.81. The fraction of sp³-hybridized carbons (Fsp3) is 0.714. The summed E-state index contributed by atoms with van der Waals surface area (Å²) in [6, 6.07) is -0.377. The fourth-order valence-corrected chi connectivity index (χ4v) is 1.63. The molecule has 10 heteroatoms. The minimum absolute atomic E-state index is 0.0614. The summed E-state index contributed by atoms with van der Waals surface area (Å²) >= 11 is 0. The zero-order chi connectivity index (χ0) is 18.5. The quantitative estimate of drug-likeness (QED) is 0.230. The second-order valence-electron chi connectivity index (χ2n) is 5.37. The monoisotopic (exact) mass is 342 g/mol. The number of aliphatic imine (C=N–C) groups is 2. The second kappa shape index (κ2) is 12.0. The fourth-order valence-electron chi connectivity index (χ4n) is 1.63. The first-order valence-corrected chi connectivity index (χ1v) is 7.61. The number of carbonyl (C=O) groups is 2. The summed E-state index contributed by atoms with van der Waals surface area (Å²) in [6.07, 6.45) is 0.651. The molecule has 24 heavy (non-hydrogen) atoms. The van der Waals surface area contributed by atoms with Crippen LogP contribution in [0.25, 0.3) is 0 Å². The topological polar surface area (TPSA) is 176 Å². The molecular weight excluding hydrogens is 316 g/mol. The molecule has 0 radical (unpaired) electrons. The maximum absolute atomic E-state index is 10.4. The molecule has 0 fully saturated rings. The first-order chi connectivity index (χ1) is 11.2. The van der Waals surface area contributed by atoms with Crippen molar-refractivity contribution in [1.29, 1.82) is 0 Å². The number of carboxylic acid groups (broad SMARTS) is 2. The lowest BCUT2D eigenvalue weighted by molar-refractivity contribution is -0.137. The molecule has 0 aromatic carbocycles. The van der Waals surface area contributed by atoms with E-state index in [9.17, 15) is 9.59 Å². The van der Waals surface area contributed by atoms with Crippen LogP contribution < -0.4 is 11.5 Å². The van der Waals surface area contributed by atoms with Crippen molar-refractivity contribution in [2.75, 3.05) is 13.1 Å². The Hall–Kier alpha value is -2.52. The van der Waals surface area contributed by atoms with Gasteiger partial charge in [-0.15, -0.1) is 0 Å². The second-order valence-corrected chi connectivity index (χ2v) is 5.37. The smallest absolute Gasteiger partial charge is 0.305 e. The van der Waals surface area contributed by atoms with Crippen LogP contribution in [0.15, 0.2) is 20.2 Å². The lowest BCUT2D eigenvalue weighted by Gasteiger charge is -2.08. The van der Waals surface area contributed by atoms with Crippen LogP contribution in [0.1, 0.15) is 39.5 Å². The Balaban J connectivity index is 4.21. The van der Waals surface area contributed by atoms with Crippen molar-refractivity contribution < 1.29 is 19.8 Å². The summed E-state index contributed by atoms with van der Waals surface area (Å²) in [5.74, 6) is -1.17. The van der Waals surface area contributed by atoms with Crippen molar-refractivity contribution in [2.24, 2.45) is 31.7 Å². The largest absolute Gasteiger partial charge is 0.481 e. The average molecular weight is 342 g/mol. The molecule has 0 aliphatic rings. The van der Waals surface area contributed by atoms with Crippen molar-refractivity contribution in [3.63, 3.8) is 0 Å². The third-order valence-corrected chi connectivity index (χ3v) is 2.75. The third-order valence-electron chi connectivity index (χ3n) is 2.75. The van der Waals surface area contributed by atoms with Crippen LogP contribution in [0.3, 0.4) is 0 Å². The SMILES string of the molecule is CC(CC(N)=NCCC(=O)O)N=NC(C)CC(N)=NCCC(=O)O. The van der Waals surface area contributed by atoms with E-state index >= 15 is 0 Å². The minimum atomic E-state index is -0.921. The van der Waals surface area contributed by atoms with Crippen LogP contribution in [0, 0.1) is 0 Å². The standard InChI is InChI=1S/C14H26N6O4/c1-9(7-11(15)17-5-3-13(21)22)19-20-10(2)8-12(16)18-6-4-14(23)24/h9-10H,3-8H2,1-2H3,(H2,15,17)(H2,16,18)(H,21,22)(H,23,24). The van der Waals surface area contributed by atoms with Gasteiger partial charge in [0.1, 0.15) is 0 Å². The van der Waals surface area contributed by atoms with E-state index in [0.29, 0.717) is 24.5 Å². The maximum Gasteiger partial charge on any atom is 0.305 e. The summed E-state index contributed by atoms with van der Waals surface area (Å²) in [7, 11) is 0. The first-order valence-electron chi connectivity index (χ1n) is 7.61. The van der Waals surface area contributed by atoms with E-state index in [-0.39, 0.29) is 38.0 Å². The summed E-state index contributed by atoms with van der Waals surface area (Å²) in [4.78, 5) is 28.7. The Morgan fingerprint density at radius 2 is 1.17 bits per heavy atom. The molecule has 2 atom stereocenters. The van der Waals surface area contributed by atoms with E-state index in [0.717, 1.165) is 0 Å². The van der Waals surface area contributed by atoms with E-state index in [1.54, 1.807) is 0 Å². The van der Waals surface area contributed by atoms with Crippen LogP contribution in [-0.2, 0) is 9.59 Å². The van der Waals surface area contributed by atoms with Gasteiger partial charge in [0.15, 0.2) is 0 Å². The van der Waals surface area contributed by atoms with Gasteiger partial charge in [-0.2, -0.15) is 10.2 Å². The Morgan fingerprint density at radius 1 is 0.833 bits per heavy atom. The van der Waals surface area contributed by atoms with E-state index in [1.807, 2.05) is 13.8 Å². The predicted molar refractivity (Wildman–Crippen MR) is 90.5 cm³/mol. The van der Waals surface area contributed by atoms with Gasteiger partial charge < -0.3 is 21.7 Å². The Kier molecular flexibility index (Phi) is 10.7. The highest BCUT2D eigenvalue weighted by Gasteiger charge is 2.07. The normalized spacial score (nSPS) is 15.4. The molecule has 0 rings (SSSR count). The van der Waals surface area contributed by atoms with Crippen LogP contribution in [-0.4, -0.2) is 59.0 Å². The van der Waals surface area contributed by atoms with Crippen LogP contribution in [0.4, 0.5) is 0 Å². The number of aliphatic carboxylic acids is 2. The van der Waals surface area contributed by atoms with Gasteiger partial charge in [-0.1, -0.05) is 0 Å². The van der Waals surface area contributed by atoms with Gasteiger partial charge in [0.05, 0.1) is 49.7 Å². The molecule has 0 aliphatic carbocycles. The molecule has 0 heterocycles. The molecule has 0 aliphatic heterocycles. The number of nitrogens with two attached hydrogens (primary N) is 2. The molecule has 2 unspecified atom stereocenters. The van der Waals surface area contributed by atoms with Gasteiger partial charge in [-0.05, 0) is 13.8 Å². The van der Waals surface area contributed by atoms with E-state index < -0.39 is 11.9 Å². The van der Waals surface area contributed by atoms with E-state index in [2.05, 4.69) is 20.2 Å². The highest BCUT2D eigenvalue weighted by Crippen LogP contribution is 2.04. The molecule has 0 spiro atoms. The number of hydrogen-bond acceptors (Lipinski definition) is 6. The predicted octanol–water partition coefficient (Wildman–Crippen LogP) is 0.660. The van der Waals surface area contributed by atoms with Crippen LogP contribution in [0.5, 0.6) is 0 Å². The molecule has 6 N–H and O–H groups in total.